The largest absolute Gasteiger partial charge is 0.378 e. The van der Waals surface area contributed by atoms with Crippen molar-refractivity contribution >= 4 is 45.7 Å². The second-order valence-corrected chi connectivity index (χ2v) is 10.2. The van der Waals surface area contributed by atoms with Gasteiger partial charge in [0, 0.05) is 36.6 Å². The average Bonchev–Trinajstić information content (AvgIpc) is 3.49. The number of ether oxygens (including phenoxy) is 1. The van der Waals surface area contributed by atoms with Crippen molar-refractivity contribution in [1.29, 1.82) is 0 Å². The third-order valence-electron chi connectivity index (χ3n) is 7.28. The van der Waals surface area contributed by atoms with Crippen LogP contribution in [-0.2, 0) is 9.53 Å². The number of benzene rings is 1. The fourth-order valence-corrected chi connectivity index (χ4v) is 5.29. The average molecular weight is 533 g/mol. The van der Waals surface area contributed by atoms with Crippen molar-refractivity contribution in [1.82, 2.24) is 29.2 Å². The van der Waals surface area contributed by atoms with Crippen LogP contribution < -0.4 is 10.6 Å². The molecule has 10 nitrogen and oxygen atoms in total. The van der Waals surface area contributed by atoms with Gasteiger partial charge in [0.25, 0.3) is 0 Å². The zero-order valence-electron chi connectivity index (χ0n) is 21.1. The van der Waals surface area contributed by atoms with Crippen molar-refractivity contribution in [2.75, 3.05) is 36.9 Å². The van der Waals surface area contributed by atoms with E-state index in [1.165, 1.54) is 6.08 Å². The van der Waals surface area contributed by atoms with Gasteiger partial charge in [0.1, 0.15) is 5.02 Å². The van der Waals surface area contributed by atoms with Gasteiger partial charge in [-0.1, -0.05) is 18.2 Å². The zero-order valence-corrected chi connectivity index (χ0v) is 21.9. The molecule has 0 spiro atoms. The Bertz CT molecular complexity index is 1500. The number of nitrogens with zero attached hydrogens (tertiary/aromatic N) is 6. The highest BCUT2D eigenvalue weighted by molar-refractivity contribution is 6.32. The number of hydrogen-bond donors (Lipinski definition) is 2. The smallest absolute Gasteiger partial charge is 0.247 e. The van der Waals surface area contributed by atoms with Crippen molar-refractivity contribution in [2.45, 2.75) is 31.8 Å². The summed E-state index contributed by atoms with van der Waals surface area (Å²) >= 11 is 6.55. The van der Waals surface area contributed by atoms with E-state index in [9.17, 15) is 4.79 Å². The molecule has 196 valence electrons. The number of fused-ring (bicyclic) bond motifs is 1. The molecule has 0 aliphatic carbocycles. The molecular formula is C27H29ClN8O2. The SMILES string of the molecule is C=CC(=O)Nc1ccc2c(c1)c(C)cn2-c1nc(Nc2cnn(C3CCN(C4COC4)CC3)c2)ncc1Cl. The molecule has 1 aromatic carbocycles. The number of amides is 1. The molecule has 38 heavy (non-hydrogen) atoms. The number of aryl methyl sites for hydroxylation is 1. The van der Waals surface area contributed by atoms with Gasteiger partial charge in [0.15, 0.2) is 5.82 Å². The standard InChI is InChI=1S/C27H29ClN8O2/c1-3-25(37)31-18-4-5-24-22(10-18)17(2)13-35(24)26-23(28)12-29-27(33-26)32-19-11-30-36(14-19)20-6-8-34(9-7-20)21-15-38-16-21/h3-5,10-14,20-21H,1,6-9,15-16H2,2H3,(H,31,37)(H,29,32,33). The second kappa shape index (κ2) is 10.2. The number of anilines is 3. The molecule has 11 heteroatoms. The fraction of sp³-hybridized carbons (Fsp3) is 0.333. The predicted octanol–water partition coefficient (Wildman–Crippen LogP) is 4.48. The summed E-state index contributed by atoms with van der Waals surface area (Å²) in [6, 6.07) is 6.66. The lowest BCUT2D eigenvalue weighted by Crippen LogP contribution is -2.51. The highest BCUT2D eigenvalue weighted by Crippen LogP contribution is 2.31. The maximum Gasteiger partial charge on any atom is 0.247 e. The van der Waals surface area contributed by atoms with Crippen LogP contribution in [0.2, 0.25) is 5.02 Å². The molecule has 0 atom stereocenters. The van der Waals surface area contributed by atoms with E-state index in [1.807, 2.05) is 46.8 Å². The van der Waals surface area contributed by atoms with Crippen LogP contribution in [0.15, 0.2) is 55.6 Å². The summed E-state index contributed by atoms with van der Waals surface area (Å²) in [4.78, 5) is 23.4. The summed E-state index contributed by atoms with van der Waals surface area (Å²) < 4.78 is 9.32. The van der Waals surface area contributed by atoms with Gasteiger partial charge in [0.05, 0.1) is 48.9 Å². The Hall–Kier alpha value is -3.73. The van der Waals surface area contributed by atoms with Crippen LogP contribution >= 0.6 is 11.6 Å². The van der Waals surface area contributed by atoms with Crippen LogP contribution in [0.25, 0.3) is 16.7 Å². The van der Waals surface area contributed by atoms with Gasteiger partial charge in [-0.15, -0.1) is 0 Å². The van der Waals surface area contributed by atoms with Crippen molar-refractivity contribution in [3.05, 3.63) is 66.2 Å². The van der Waals surface area contributed by atoms with E-state index in [-0.39, 0.29) is 5.91 Å². The van der Waals surface area contributed by atoms with Gasteiger partial charge in [-0.05, 0) is 49.6 Å². The second-order valence-electron chi connectivity index (χ2n) is 9.77. The molecule has 5 heterocycles. The Morgan fingerprint density at radius 3 is 2.71 bits per heavy atom. The van der Waals surface area contributed by atoms with Crippen molar-refractivity contribution in [2.24, 2.45) is 0 Å². The summed E-state index contributed by atoms with van der Waals surface area (Å²) in [7, 11) is 0. The highest BCUT2D eigenvalue weighted by atomic mass is 35.5. The first kappa shape index (κ1) is 24.6. The van der Waals surface area contributed by atoms with E-state index >= 15 is 0 Å². The van der Waals surface area contributed by atoms with E-state index in [4.69, 9.17) is 21.3 Å². The minimum Gasteiger partial charge on any atom is -0.378 e. The Morgan fingerprint density at radius 1 is 1.16 bits per heavy atom. The number of aromatic nitrogens is 5. The molecular weight excluding hydrogens is 504 g/mol. The monoisotopic (exact) mass is 532 g/mol. The molecule has 0 radical (unpaired) electrons. The van der Waals surface area contributed by atoms with E-state index < -0.39 is 0 Å². The molecule has 1 amide bonds. The molecule has 0 saturated carbocycles. The molecule has 2 aliphatic heterocycles. The molecule has 0 unspecified atom stereocenters. The third-order valence-corrected chi connectivity index (χ3v) is 7.54. The van der Waals surface area contributed by atoms with Gasteiger partial charge < -0.3 is 15.4 Å². The first-order valence-corrected chi connectivity index (χ1v) is 13.1. The van der Waals surface area contributed by atoms with Crippen LogP contribution in [0.1, 0.15) is 24.4 Å². The Morgan fingerprint density at radius 2 is 1.97 bits per heavy atom. The van der Waals surface area contributed by atoms with Crippen LogP contribution in [0, 0.1) is 6.92 Å². The minimum absolute atomic E-state index is 0.256. The van der Waals surface area contributed by atoms with Crippen molar-refractivity contribution < 1.29 is 9.53 Å². The number of carbonyl (C=O) groups is 1. The topological polar surface area (TPSA) is 102 Å². The molecule has 0 bridgehead atoms. The lowest BCUT2D eigenvalue weighted by molar-refractivity contribution is -0.111. The maximum absolute atomic E-state index is 11.7. The Balaban J connectivity index is 1.20. The molecule has 2 saturated heterocycles. The molecule has 6 rings (SSSR count). The number of carbonyl (C=O) groups excluding carboxylic acids is 1. The van der Waals surface area contributed by atoms with Crippen LogP contribution in [0.5, 0.6) is 0 Å². The highest BCUT2D eigenvalue weighted by Gasteiger charge is 2.30. The number of piperidine rings is 1. The quantitative estimate of drug-likeness (QED) is 0.338. The fourth-order valence-electron chi connectivity index (χ4n) is 5.11. The summed E-state index contributed by atoms with van der Waals surface area (Å²) in [5.74, 6) is 0.733. The van der Waals surface area contributed by atoms with E-state index in [0.29, 0.717) is 34.6 Å². The molecule has 2 N–H and O–H groups in total. The number of nitrogens with one attached hydrogen (secondary N) is 2. The first-order chi connectivity index (χ1) is 18.5. The first-order valence-electron chi connectivity index (χ1n) is 12.7. The maximum atomic E-state index is 11.7. The molecule has 3 aromatic heterocycles. The van der Waals surface area contributed by atoms with E-state index in [0.717, 1.165) is 61.3 Å². The van der Waals surface area contributed by atoms with Crippen molar-refractivity contribution in [3.63, 3.8) is 0 Å². The summed E-state index contributed by atoms with van der Waals surface area (Å²) in [5.41, 5.74) is 3.46. The minimum atomic E-state index is -0.256. The van der Waals surface area contributed by atoms with Crippen molar-refractivity contribution in [3.8, 4) is 5.82 Å². The van der Waals surface area contributed by atoms with Gasteiger partial charge in [-0.25, -0.2) is 4.98 Å². The van der Waals surface area contributed by atoms with Crippen LogP contribution in [-0.4, -0.2) is 67.5 Å². The Kier molecular flexibility index (Phi) is 6.61. The van der Waals surface area contributed by atoms with Crippen LogP contribution in [0.4, 0.5) is 17.3 Å². The lowest BCUT2D eigenvalue weighted by Gasteiger charge is -2.41. The molecule has 4 aromatic rings. The third kappa shape index (κ3) is 4.78. The molecule has 2 aliphatic rings. The van der Waals surface area contributed by atoms with Gasteiger partial charge >= 0.3 is 0 Å². The summed E-state index contributed by atoms with van der Waals surface area (Å²) in [6.07, 6.45) is 10.8. The number of likely N-dealkylation sites (tertiary alicyclic amines) is 1. The summed E-state index contributed by atoms with van der Waals surface area (Å²) in [6.45, 7) is 9.36. The summed E-state index contributed by atoms with van der Waals surface area (Å²) in [5, 5.41) is 12.1. The lowest BCUT2D eigenvalue weighted by atomic mass is 10.0. The molecule has 2 fully saturated rings. The number of rotatable bonds is 7. The van der Waals surface area contributed by atoms with Gasteiger partial charge in [0.2, 0.25) is 11.9 Å². The van der Waals surface area contributed by atoms with Crippen LogP contribution in [0.3, 0.4) is 0 Å². The number of hydrogen-bond acceptors (Lipinski definition) is 7. The van der Waals surface area contributed by atoms with E-state index in [1.54, 1.807) is 12.4 Å². The van der Waals surface area contributed by atoms with Gasteiger partial charge in [-0.2, -0.15) is 10.1 Å². The predicted molar refractivity (Wildman–Crippen MR) is 147 cm³/mol. The Labute approximate surface area is 225 Å². The van der Waals surface area contributed by atoms with Gasteiger partial charge in [-0.3, -0.25) is 18.9 Å². The van der Waals surface area contributed by atoms with E-state index in [2.05, 4.69) is 32.2 Å². The normalized spacial score (nSPS) is 16.9. The zero-order chi connectivity index (χ0) is 26.2. The number of halogens is 1.